The Hall–Kier alpha value is -0.660. The predicted octanol–water partition coefficient (Wildman–Crippen LogP) is 8.09. The van der Waals surface area contributed by atoms with Crippen molar-refractivity contribution in [3.05, 3.63) is 12.4 Å². The summed E-state index contributed by atoms with van der Waals surface area (Å²) in [7, 11) is 0. The highest BCUT2D eigenvalue weighted by Gasteiger charge is 2.24. The number of unbranched alkanes of at least 4 members (excludes halogenated alkanes) is 13. The molecule has 0 bridgehead atoms. The molecule has 0 saturated heterocycles. The topological polar surface area (TPSA) is 6.48 Å². The van der Waals surface area contributed by atoms with Crippen LogP contribution in [0.1, 0.15) is 130 Å². The Kier molecular flexibility index (Phi) is 15.7. The maximum Gasteiger partial charge on any atom is 0.101 e. The Balaban J connectivity index is 2.20. The van der Waals surface area contributed by atoms with Crippen molar-refractivity contribution in [3.8, 4) is 0 Å². The van der Waals surface area contributed by atoms with Gasteiger partial charge in [-0.15, -0.1) is 0 Å². The largest absolute Gasteiger partial charge is 0.356 e. The number of nitrogens with zero attached hydrogens (tertiary/aromatic N) is 2. The molecule has 1 unspecified atom stereocenters. The smallest absolute Gasteiger partial charge is 0.101 e. The molecule has 1 heterocycles. The van der Waals surface area contributed by atoms with Crippen LogP contribution in [0.25, 0.3) is 0 Å². The second-order valence-electron chi connectivity index (χ2n) is 8.64. The van der Waals surface area contributed by atoms with Crippen LogP contribution >= 0.6 is 0 Å². The minimum atomic E-state index is 0.646. The van der Waals surface area contributed by atoms with Gasteiger partial charge in [0.05, 0.1) is 0 Å². The van der Waals surface area contributed by atoms with E-state index in [2.05, 4.69) is 43.0 Å². The first-order valence-electron chi connectivity index (χ1n) is 12.5. The minimum Gasteiger partial charge on any atom is -0.356 e. The summed E-state index contributed by atoms with van der Waals surface area (Å²) in [5, 5.41) is 0. The molecule has 1 atom stereocenters. The fraction of sp³-hybridized carbons (Fsp3) is 0.920. The van der Waals surface area contributed by atoms with Crippen molar-refractivity contribution < 1.29 is 0 Å². The minimum absolute atomic E-state index is 0.646. The maximum absolute atomic E-state index is 2.65. The highest BCUT2D eigenvalue weighted by atomic mass is 15.4. The van der Waals surface area contributed by atoms with Gasteiger partial charge in [-0.3, -0.25) is 0 Å². The highest BCUT2D eigenvalue weighted by molar-refractivity contribution is 4.96. The third-order valence-corrected chi connectivity index (χ3v) is 6.07. The molecule has 27 heavy (non-hydrogen) atoms. The van der Waals surface area contributed by atoms with E-state index in [0.29, 0.717) is 6.17 Å². The van der Waals surface area contributed by atoms with Crippen molar-refractivity contribution in [2.45, 2.75) is 136 Å². The van der Waals surface area contributed by atoms with E-state index in [9.17, 15) is 0 Å². The molecular formula is C25H50N2. The third kappa shape index (κ3) is 11.7. The molecule has 0 aromatic heterocycles. The number of hydrogen-bond donors (Lipinski definition) is 0. The quantitative estimate of drug-likeness (QED) is 0.209. The Morgan fingerprint density at radius 2 is 0.889 bits per heavy atom. The van der Waals surface area contributed by atoms with E-state index in [1.807, 2.05) is 0 Å². The van der Waals surface area contributed by atoms with Gasteiger partial charge < -0.3 is 9.80 Å². The van der Waals surface area contributed by atoms with Gasteiger partial charge in [-0.05, 0) is 25.7 Å². The molecule has 0 saturated carbocycles. The van der Waals surface area contributed by atoms with Crippen LogP contribution in [0, 0.1) is 0 Å². The predicted molar refractivity (Wildman–Crippen MR) is 122 cm³/mol. The Morgan fingerprint density at radius 3 is 1.41 bits per heavy atom. The molecule has 0 radical (unpaired) electrons. The van der Waals surface area contributed by atoms with Gasteiger partial charge in [0.2, 0.25) is 0 Å². The van der Waals surface area contributed by atoms with Gasteiger partial charge in [-0.25, -0.2) is 0 Å². The Morgan fingerprint density at radius 1 is 0.481 bits per heavy atom. The van der Waals surface area contributed by atoms with Crippen LogP contribution in [0.5, 0.6) is 0 Å². The summed E-state index contributed by atoms with van der Waals surface area (Å²) in [6.07, 6.45) is 29.2. The Bertz CT molecular complexity index is 339. The molecule has 0 N–H and O–H groups in total. The molecule has 0 aromatic carbocycles. The molecule has 0 aliphatic carbocycles. The third-order valence-electron chi connectivity index (χ3n) is 6.07. The highest BCUT2D eigenvalue weighted by Crippen LogP contribution is 2.23. The summed E-state index contributed by atoms with van der Waals surface area (Å²) in [5.74, 6) is 0. The number of rotatable bonds is 19. The van der Waals surface area contributed by atoms with Crippen LogP contribution in [0.3, 0.4) is 0 Å². The molecule has 2 heteroatoms. The van der Waals surface area contributed by atoms with Crippen LogP contribution in [0.2, 0.25) is 0 Å². The van der Waals surface area contributed by atoms with Crippen LogP contribution in [0.15, 0.2) is 12.4 Å². The zero-order valence-electron chi connectivity index (χ0n) is 19.1. The van der Waals surface area contributed by atoms with Crippen molar-refractivity contribution >= 4 is 0 Å². The summed E-state index contributed by atoms with van der Waals surface area (Å²) in [4.78, 5) is 5.27. The van der Waals surface area contributed by atoms with Gasteiger partial charge >= 0.3 is 0 Å². The molecule has 0 spiro atoms. The van der Waals surface area contributed by atoms with Crippen molar-refractivity contribution in [1.82, 2.24) is 9.80 Å². The molecule has 0 fully saturated rings. The zero-order chi connectivity index (χ0) is 19.6. The lowest BCUT2D eigenvalue weighted by Gasteiger charge is -2.33. The average molecular weight is 379 g/mol. The van der Waals surface area contributed by atoms with Crippen molar-refractivity contribution in [2.75, 3.05) is 13.1 Å². The van der Waals surface area contributed by atoms with Crippen LogP contribution < -0.4 is 0 Å². The van der Waals surface area contributed by atoms with Crippen LogP contribution in [-0.2, 0) is 0 Å². The fourth-order valence-electron chi connectivity index (χ4n) is 4.22. The first-order valence-corrected chi connectivity index (χ1v) is 12.5. The van der Waals surface area contributed by atoms with E-state index in [1.165, 1.54) is 122 Å². The van der Waals surface area contributed by atoms with Gasteiger partial charge in [0.25, 0.3) is 0 Å². The van der Waals surface area contributed by atoms with E-state index in [0.717, 1.165) is 0 Å². The van der Waals surface area contributed by atoms with E-state index in [1.54, 1.807) is 0 Å². The van der Waals surface area contributed by atoms with E-state index < -0.39 is 0 Å². The Labute approximate surface area is 171 Å². The SMILES string of the molecule is CCCCCCCCCCCN1C=CN(CCCC)C1CCCCCCC. The summed E-state index contributed by atoms with van der Waals surface area (Å²) in [6, 6.07) is 0. The normalized spacial score (nSPS) is 16.6. The molecule has 0 aromatic rings. The molecule has 1 aliphatic rings. The summed E-state index contributed by atoms with van der Waals surface area (Å²) in [5.41, 5.74) is 0. The monoisotopic (exact) mass is 378 g/mol. The second-order valence-corrected chi connectivity index (χ2v) is 8.64. The number of hydrogen-bond acceptors (Lipinski definition) is 2. The fourth-order valence-corrected chi connectivity index (χ4v) is 4.22. The lowest BCUT2D eigenvalue weighted by molar-refractivity contribution is 0.136. The molecule has 160 valence electrons. The van der Waals surface area contributed by atoms with Crippen LogP contribution in [0.4, 0.5) is 0 Å². The van der Waals surface area contributed by atoms with Crippen molar-refractivity contribution in [1.29, 1.82) is 0 Å². The maximum atomic E-state index is 2.65. The van der Waals surface area contributed by atoms with Gasteiger partial charge in [-0.1, -0.05) is 104 Å². The first kappa shape index (κ1) is 24.4. The molecule has 1 aliphatic heterocycles. The van der Waals surface area contributed by atoms with Crippen LogP contribution in [-0.4, -0.2) is 29.1 Å². The summed E-state index contributed by atoms with van der Waals surface area (Å²) >= 11 is 0. The van der Waals surface area contributed by atoms with Gasteiger partial charge in [0.1, 0.15) is 6.17 Å². The molecular weight excluding hydrogens is 328 g/mol. The van der Waals surface area contributed by atoms with Crippen molar-refractivity contribution in [2.24, 2.45) is 0 Å². The molecule has 0 amide bonds. The molecule has 2 nitrogen and oxygen atoms in total. The van der Waals surface area contributed by atoms with Gasteiger partial charge in [0.15, 0.2) is 0 Å². The second kappa shape index (κ2) is 17.4. The van der Waals surface area contributed by atoms with E-state index in [-0.39, 0.29) is 0 Å². The molecule has 1 rings (SSSR count). The zero-order valence-corrected chi connectivity index (χ0v) is 19.1. The van der Waals surface area contributed by atoms with Gasteiger partial charge in [-0.2, -0.15) is 0 Å². The van der Waals surface area contributed by atoms with Crippen molar-refractivity contribution in [3.63, 3.8) is 0 Å². The lowest BCUT2D eigenvalue weighted by atomic mass is 10.1. The average Bonchev–Trinajstić information content (AvgIpc) is 3.06. The van der Waals surface area contributed by atoms with E-state index in [4.69, 9.17) is 0 Å². The van der Waals surface area contributed by atoms with Gasteiger partial charge in [0, 0.05) is 25.5 Å². The summed E-state index contributed by atoms with van der Waals surface area (Å²) < 4.78 is 0. The summed E-state index contributed by atoms with van der Waals surface area (Å²) in [6.45, 7) is 9.41. The first-order chi connectivity index (χ1) is 13.3. The van der Waals surface area contributed by atoms with E-state index >= 15 is 0 Å². The lowest BCUT2D eigenvalue weighted by Crippen LogP contribution is -2.39. The standard InChI is InChI=1S/C25H50N2/c1-4-7-10-12-13-14-15-17-19-22-27-24-23-26(21-9-6-3)25(27)20-18-16-11-8-5-2/h23-25H,4-22H2,1-3H3.